The second-order valence-electron chi connectivity index (χ2n) is 21.3. The number of Topliss-reactive ketones (excluding diaryl/α,β-unsaturated/α-hetero) is 3. The summed E-state index contributed by atoms with van der Waals surface area (Å²) >= 11 is 0. The number of esters is 1. The van der Waals surface area contributed by atoms with E-state index in [1.165, 1.54) is 25.8 Å². The number of ether oxygens (including phenoxy) is 6. The Morgan fingerprint density at radius 2 is 1.59 bits per heavy atom. The van der Waals surface area contributed by atoms with Gasteiger partial charge in [-0.3, -0.25) is 23.7 Å². The first-order valence-corrected chi connectivity index (χ1v) is 28.4. The van der Waals surface area contributed by atoms with Crippen LogP contribution in [0.25, 0.3) is 0 Å². The third-order valence-corrected chi connectivity index (χ3v) is 16.7. The molecular weight excluding hydrogens is 962 g/mol. The summed E-state index contributed by atoms with van der Waals surface area (Å²) in [6.07, 6.45) is 10.6. The Morgan fingerprint density at radius 3 is 2.26 bits per heavy atom. The van der Waals surface area contributed by atoms with Crippen molar-refractivity contribution in [2.24, 2.45) is 35.5 Å². The Morgan fingerprint density at radius 1 is 0.863 bits per heavy atom. The molecule has 3 fully saturated rings. The number of nitrogens with zero attached hydrogens (tertiary/aromatic N) is 1. The number of carbonyl (C=O) groups excluding carboxylic acids is 5. The van der Waals surface area contributed by atoms with Gasteiger partial charge in [0.15, 0.2) is 11.6 Å². The second-order valence-corrected chi connectivity index (χ2v) is 23.3. The number of methoxy groups -OCH3 is 4. The lowest BCUT2D eigenvalue weighted by atomic mass is 9.78. The highest BCUT2D eigenvalue weighted by molar-refractivity contribution is 7.53. The number of fused-ring (bicyclic) bond motifs is 3. The van der Waals surface area contributed by atoms with Gasteiger partial charge in [-0.2, -0.15) is 0 Å². The zero-order valence-corrected chi connectivity index (χ0v) is 46.6. The van der Waals surface area contributed by atoms with E-state index in [-0.39, 0.29) is 61.6 Å². The van der Waals surface area contributed by atoms with E-state index in [0.717, 1.165) is 5.57 Å². The monoisotopic (exact) mass is 1050 g/mol. The van der Waals surface area contributed by atoms with Crippen molar-refractivity contribution in [1.29, 1.82) is 0 Å². The van der Waals surface area contributed by atoms with Crippen molar-refractivity contribution in [1.82, 2.24) is 4.90 Å². The van der Waals surface area contributed by atoms with Crippen LogP contribution in [-0.4, -0.2) is 154 Å². The van der Waals surface area contributed by atoms with Crippen LogP contribution in [0.3, 0.4) is 0 Å². The molecule has 0 spiro atoms. The number of piperidine rings is 1. The number of rotatable bonds is 12. The van der Waals surface area contributed by atoms with Gasteiger partial charge in [-0.1, -0.05) is 71.1 Å². The van der Waals surface area contributed by atoms with Crippen LogP contribution in [0.4, 0.5) is 0 Å². The van der Waals surface area contributed by atoms with Crippen molar-refractivity contribution < 1.29 is 76.2 Å². The summed E-state index contributed by atoms with van der Waals surface area (Å²) < 4.78 is 59.5. The standard InChI is InChI=1S/C55H88NO16P/c1-34-18-14-13-15-19-35(2)46(66-9)32-42-23-21-40(7)55(63,71-42)52(60)53(61)56-25-17-16-20-43(56)54(62)70-47(33-44(57)36(3)29-39(6)50(59)51(68-11)49(58)38(5)28-34)37(4)30-41-22-24-45(48(31-41)67-10)72-73(12,64)69-27-26-65-8/h13-15,18-19,29,34,37-43,45-48,50-51,59,63H,16-17,20-28,30-33H2,1-12H3/t34-,37-,38-,39?,40-,41+,42?,43?,45-,46+,47+,48-,50-,51+,55-,73?/m1/s1. The van der Waals surface area contributed by atoms with E-state index in [0.29, 0.717) is 64.2 Å². The number of amides is 1. The molecule has 4 rings (SSSR count). The van der Waals surface area contributed by atoms with Gasteiger partial charge in [0, 0.05) is 72.2 Å². The van der Waals surface area contributed by atoms with Crippen LogP contribution in [0, 0.1) is 35.5 Å². The Hall–Kier alpha value is -3.22. The van der Waals surface area contributed by atoms with Gasteiger partial charge >= 0.3 is 13.6 Å². The van der Waals surface area contributed by atoms with E-state index in [2.05, 4.69) is 0 Å². The van der Waals surface area contributed by atoms with Gasteiger partial charge in [0.25, 0.3) is 11.7 Å². The highest BCUT2D eigenvalue weighted by atomic mass is 31.2. The van der Waals surface area contributed by atoms with Gasteiger partial charge in [0.1, 0.15) is 18.2 Å². The molecule has 414 valence electrons. The molecule has 73 heavy (non-hydrogen) atoms. The average molecular weight is 1050 g/mol. The topological polar surface area (TPSA) is 220 Å². The molecule has 16 atom stereocenters. The number of hydrogen-bond donors (Lipinski definition) is 2. The van der Waals surface area contributed by atoms with Gasteiger partial charge in [-0.05, 0) is 107 Å². The van der Waals surface area contributed by atoms with Crippen LogP contribution in [0.15, 0.2) is 47.6 Å². The fourth-order valence-electron chi connectivity index (χ4n) is 10.8. The summed E-state index contributed by atoms with van der Waals surface area (Å²) in [5, 5.41) is 23.6. The van der Waals surface area contributed by atoms with Crippen LogP contribution in [0.1, 0.15) is 126 Å². The summed E-state index contributed by atoms with van der Waals surface area (Å²) in [6.45, 7) is 14.5. The van der Waals surface area contributed by atoms with Crippen LogP contribution in [0.2, 0.25) is 0 Å². The Bertz CT molecular complexity index is 2020. The van der Waals surface area contributed by atoms with E-state index in [1.54, 1.807) is 41.1 Å². The van der Waals surface area contributed by atoms with Gasteiger partial charge in [-0.25, -0.2) is 4.79 Å². The molecule has 3 heterocycles. The zero-order chi connectivity index (χ0) is 54.2. The third kappa shape index (κ3) is 17.7. The molecule has 0 aromatic rings. The van der Waals surface area contributed by atoms with Gasteiger partial charge < -0.3 is 52.6 Å². The normalized spacial score (nSPS) is 35.9. The van der Waals surface area contributed by atoms with Gasteiger partial charge in [-0.15, -0.1) is 0 Å². The van der Waals surface area contributed by atoms with E-state index < -0.39 is 103 Å². The van der Waals surface area contributed by atoms with Crippen molar-refractivity contribution in [3.63, 3.8) is 0 Å². The molecule has 1 aliphatic carbocycles. The average Bonchev–Trinajstić information content (AvgIpc) is 3.35. The maximum Gasteiger partial charge on any atom is 0.329 e. The molecule has 2 N–H and O–H groups in total. The highest BCUT2D eigenvalue weighted by Gasteiger charge is 2.53. The van der Waals surface area contributed by atoms with Crippen molar-refractivity contribution in [3.8, 4) is 0 Å². The van der Waals surface area contributed by atoms with Gasteiger partial charge in [0.2, 0.25) is 5.79 Å². The molecular formula is C55H88NO16P. The van der Waals surface area contributed by atoms with E-state index in [1.807, 2.05) is 58.1 Å². The number of cyclic esters (lactones) is 1. The summed E-state index contributed by atoms with van der Waals surface area (Å²) in [4.78, 5) is 72.5. The second kappa shape index (κ2) is 29.3. The van der Waals surface area contributed by atoms with Crippen LogP contribution >= 0.6 is 7.60 Å². The fourth-order valence-corrected chi connectivity index (χ4v) is 12.0. The van der Waals surface area contributed by atoms with Crippen molar-refractivity contribution in [2.75, 3.05) is 54.9 Å². The Labute approximate surface area is 434 Å². The maximum atomic E-state index is 14.6. The van der Waals surface area contributed by atoms with Crippen LogP contribution < -0.4 is 0 Å². The van der Waals surface area contributed by atoms with E-state index in [9.17, 15) is 38.8 Å². The van der Waals surface area contributed by atoms with E-state index in [4.69, 9.17) is 37.5 Å². The molecule has 1 amide bonds. The first-order chi connectivity index (χ1) is 34.5. The molecule has 0 radical (unpaired) electrons. The molecule has 2 saturated heterocycles. The van der Waals surface area contributed by atoms with Crippen molar-refractivity contribution in [2.45, 2.75) is 180 Å². The molecule has 17 nitrogen and oxygen atoms in total. The summed E-state index contributed by atoms with van der Waals surface area (Å²) in [7, 11) is 2.61. The van der Waals surface area contributed by atoms with Crippen molar-refractivity contribution >= 4 is 36.8 Å². The molecule has 18 heteroatoms. The lowest BCUT2D eigenvalue weighted by Crippen LogP contribution is -2.61. The minimum absolute atomic E-state index is 0.00548. The quantitative estimate of drug-likeness (QED) is 0.0828. The lowest BCUT2D eigenvalue weighted by Gasteiger charge is -2.42. The first kappa shape index (κ1) is 62.3. The fraction of sp³-hybridized carbons (Fsp3) is 0.764. The largest absolute Gasteiger partial charge is 0.460 e. The highest BCUT2D eigenvalue weighted by Crippen LogP contribution is 2.48. The first-order valence-electron chi connectivity index (χ1n) is 26.4. The third-order valence-electron chi connectivity index (χ3n) is 15.4. The maximum absolute atomic E-state index is 14.6. The summed E-state index contributed by atoms with van der Waals surface area (Å²) in [5.74, 6) is -8.31. The number of aliphatic hydroxyl groups is 2. The number of aliphatic hydroxyl groups excluding tert-OH is 1. The zero-order valence-electron chi connectivity index (χ0n) is 45.7. The molecule has 4 aliphatic rings. The molecule has 0 aromatic carbocycles. The lowest BCUT2D eigenvalue weighted by molar-refractivity contribution is -0.265. The van der Waals surface area contributed by atoms with Crippen LogP contribution in [-0.2, 0) is 66.0 Å². The Balaban J connectivity index is 1.68. The van der Waals surface area contributed by atoms with E-state index >= 15 is 0 Å². The Kier molecular flexibility index (Phi) is 25.0. The molecule has 1 saturated carbocycles. The number of hydrogen-bond acceptors (Lipinski definition) is 16. The van der Waals surface area contributed by atoms with Gasteiger partial charge in [0.05, 0.1) is 43.7 Å². The number of allylic oxidation sites excluding steroid dienone is 6. The summed E-state index contributed by atoms with van der Waals surface area (Å²) in [5.41, 5.74) is 1.16. The molecule has 3 aliphatic heterocycles. The molecule has 0 aromatic heterocycles. The number of ketones is 3. The molecule has 4 unspecified atom stereocenters. The minimum Gasteiger partial charge on any atom is -0.460 e. The number of carbonyl (C=O) groups is 5. The summed E-state index contributed by atoms with van der Waals surface area (Å²) in [6, 6.07) is -1.18. The molecule has 2 bridgehead atoms. The predicted molar refractivity (Wildman–Crippen MR) is 275 cm³/mol. The van der Waals surface area contributed by atoms with Crippen molar-refractivity contribution in [3.05, 3.63) is 47.6 Å². The van der Waals surface area contributed by atoms with Crippen LogP contribution in [0.5, 0.6) is 0 Å². The smallest absolute Gasteiger partial charge is 0.329 e. The minimum atomic E-state index is -3.43. The predicted octanol–water partition coefficient (Wildman–Crippen LogP) is 7.69. The SMILES string of the molecule is COCCOP(C)(=O)O[C@@H]1CC[C@@H](C[C@@H](C)[C@@H]2CC(=O)C(C)=CC(C)[C@@H](O)[C@@H](OC)C(=O)[C@H](C)C[C@H](C)C=CC=CC=C(C)[C@@H](OC)CC3CC[C@@H](C)[C@@](O)(O3)C(=O)C(=O)N3CCCCC3C(=O)O2)C[C@H]1OC.